The lowest BCUT2D eigenvalue weighted by Crippen LogP contribution is -2.60. The van der Waals surface area contributed by atoms with Crippen LogP contribution in [0.5, 0.6) is 0 Å². The molecule has 24 heavy (non-hydrogen) atoms. The molecule has 1 aliphatic rings. The Morgan fingerprint density at radius 1 is 1.33 bits per heavy atom. The summed E-state index contributed by atoms with van der Waals surface area (Å²) >= 11 is 0. The second kappa shape index (κ2) is 8.31. The first-order valence-corrected chi connectivity index (χ1v) is 7.39. The van der Waals surface area contributed by atoms with Crippen molar-refractivity contribution in [3.63, 3.8) is 0 Å². The first-order valence-electron chi connectivity index (χ1n) is 7.39. The lowest BCUT2D eigenvalue weighted by molar-refractivity contribution is -0.869. The van der Waals surface area contributed by atoms with Crippen LogP contribution in [0, 0.1) is 0 Å². The Morgan fingerprint density at radius 2 is 1.92 bits per heavy atom. The van der Waals surface area contributed by atoms with Crippen molar-refractivity contribution in [3.8, 4) is 0 Å². The van der Waals surface area contributed by atoms with Gasteiger partial charge in [0.15, 0.2) is 5.70 Å². The highest BCUT2D eigenvalue weighted by Crippen LogP contribution is 2.21. The Balaban J connectivity index is 3.05. The predicted octanol–water partition coefficient (Wildman–Crippen LogP) is -3.62. The summed E-state index contributed by atoms with van der Waals surface area (Å²) in [6.07, 6.45) is 0.432. The van der Waals surface area contributed by atoms with Crippen LogP contribution in [0.25, 0.3) is 0 Å². The molecule has 1 aliphatic heterocycles. The number of hydrogen-bond donors (Lipinski definition) is 5. The van der Waals surface area contributed by atoms with Crippen LogP contribution >= 0.6 is 0 Å². The Bertz CT molecular complexity index is 537. The van der Waals surface area contributed by atoms with E-state index in [1.807, 2.05) is 0 Å². The normalized spacial score (nSPS) is 25.8. The number of carbonyl (C=O) groups is 2. The average Bonchev–Trinajstić information content (AvgIpc) is 2.52. The predicted molar refractivity (Wildman–Crippen MR) is 84.4 cm³/mol. The monoisotopic (exact) mass is 345 g/mol. The van der Waals surface area contributed by atoms with E-state index in [1.54, 1.807) is 7.05 Å². The van der Waals surface area contributed by atoms with Crippen molar-refractivity contribution in [3.05, 3.63) is 11.9 Å². The summed E-state index contributed by atoms with van der Waals surface area (Å²) < 4.78 is -0.224. The van der Waals surface area contributed by atoms with Gasteiger partial charge in [-0.15, -0.1) is 0 Å². The highest BCUT2D eigenvalue weighted by Gasteiger charge is 2.40. The maximum absolute atomic E-state index is 12.4. The number of aliphatic hydroxyl groups excluding tert-OH is 4. The Kier molecular flexibility index (Phi) is 6.99. The van der Waals surface area contributed by atoms with Gasteiger partial charge < -0.3 is 31.1 Å². The standard InChI is InChI=1S/C14H24N4O6/c1-17(4-9(21)7-19)14(24)11-6-18(2,5-10(22)8-20)12(3-16-11)13(15)23/h3,6,9-10,12,19-22H,4-5,7-8H2,1-2H3,(H-,15,23)/p+1. The molecule has 136 valence electrons. The molecule has 0 aromatic rings. The summed E-state index contributed by atoms with van der Waals surface area (Å²) in [4.78, 5) is 29.1. The summed E-state index contributed by atoms with van der Waals surface area (Å²) in [5, 5.41) is 37.0. The molecule has 0 aliphatic carbocycles. The number of carbonyl (C=O) groups excluding carboxylic acids is 2. The SMILES string of the molecule is CN(CC(O)CO)C(=O)C1=C[N+](C)(CC(O)CO)C(C(N)=O)C=N1. The van der Waals surface area contributed by atoms with Crippen LogP contribution in [0.15, 0.2) is 16.9 Å². The third kappa shape index (κ3) is 4.82. The van der Waals surface area contributed by atoms with Gasteiger partial charge in [-0.3, -0.25) is 14.1 Å². The summed E-state index contributed by atoms with van der Waals surface area (Å²) in [5.74, 6) is -1.21. The summed E-state index contributed by atoms with van der Waals surface area (Å²) in [5.41, 5.74) is 5.36. The van der Waals surface area contributed by atoms with Crippen LogP contribution in [0.2, 0.25) is 0 Å². The van der Waals surface area contributed by atoms with Crippen molar-refractivity contribution in [1.29, 1.82) is 0 Å². The van der Waals surface area contributed by atoms with Gasteiger partial charge in [0.2, 0.25) is 6.04 Å². The van der Waals surface area contributed by atoms with E-state index < -0.39 is 43.3 Å². The number of amides is 2. The van der Waals surface area contributed by atoms with Crippen LogP contribution in [0.3, 0.4) is 0 Å². The zero-order valence-electron chi connectivity index (χ0n) is 13.7. The fraction of sp³-hybridized carbons (Fsp3) is 0.643. The van der Waals surface area contributed by atoms with E-state index in [1.165, 1.54) is 24.4 Å². The van der Waals surface area contributed by atoms with Crippen molar-refractivity contribution in [2.24, 2.45) is 10.7 Å². The van der Waals surface area contributed by atoms with Crippen molar-refractivity contribution in [2.45, 2.75) is 18.2 Å². The van der Waals surface area contributed by atoms with E-state index in [9.17, 15) is 19.8 Å². The molecule has 10 nitrogen and oxygen atoms in total. The molecule has 0 aromatic heterocycles. The molecule has 1 heterocycles. The second-order valence-electron chi connectivity index (χ2n) is 6.03. The lowest BCUT2D eigenvalue weighted by Gasteiger charge is -2.38. The van der Waals surface area contributed by atoms with Crippen LogP contribution < -0.4 is 5.73 Å². The highest BCUT2D eigenvalue weighted by atomic mass is 16.3. The van der Waals surface area contributed by atoms with Crippen molar-refractivity contribution in [1.82, 2.24) is 4.90 Å². The van der Waals surface area contributed by atoms with Crippen molar-refractivity contribution < 1.29 is 34.5 Å². The van der Waals surface area contributed by atoms with Crippen LogP contribution in [-0.2, 0) is 9.59 Å². The molecular formula is C14H25N4O6+. The largest absolute Gasteiger partial charge is 0.394 e. The molecule has 4 atom stereocenters. The molecule has 0 fully saturated rings. The minimum Gasteiger partial charge on any atom is -0.394 e. The fourth-order valence-electron chi connectivity index (χ4n) is 2.50. The Hall–Kier alpha value is -1.85. The minimum atomic E-state index is -1.11. The molecule has 0 aromatic carbocycles. The number of primary amides is 1. The van der Waals surface area contributed by atoms with Crippen LogP contribution in [0.4, 0.5) is 0 Å². The number of nitrogens with two attached hydrogens (primary N) is 1. The van der Waals surface area contributed by atoms with Gasteiger partial charge in [-0.2, -0.15) is 0 Å². The average molecular weight is 345 g/mol. The zero-order valence-corrected chi connectivity index (χ0v) is 13.7. The van der Waals surface area contributed by atoms with Gasteiger partial charge in [0.05, 0.1) is 32.6 Å². The Labute approximate surface area is 139 Å². The maximum Gasteiger partial charge on any atom is 0.282 e. The number of aliphatic imine (C=N–C) groups is 1. The smallest absolute Gasteiger partial charge is 0.282 e. The van der Waals surface area contributed by atoms with Gasteiger partial charge in [0, 0.05) is 13.6 Å². The third-order valence-electron chi connectivity index (χ3n) is 3.78. The number of hydrogen-bond acceptors (Lipinski definition) is 7. The summed E-state index contributed by atoms with van der Waals surface area (Å²) in [7, 11) is 3.01. The van der Waals surface area contributed by atoms with E-state index in [0.29, 0.717) is 0 Å². The summed E-state index contributed by atoms with van der Waals surface area (Å²) in [6, 6.07) is -0.893. The van der Waals surface area contributed by atoms with E-state index in [2.05, 4.69) is 4.99 Å². The van der Waals surface area contributed by atoms with Crippen LogP contribution in [0.1, 0.15) is 0 Å². The molecule has 0 spiro atoms. The number of likely N-dealkylation sites (N-methyl/N-ethyl adjacent to an activating group) is 2. The molecule has 0 saturated heterocycles. The molecule has 0 radical (unpaired) electrons. The molecule has 4 unspecified atom stereocenters. The number of quaternary nitrogens is 1. The first kappa shape index (κ1) is 20.2. The molecule has 10 heteroatoms. The van der Waals surface area contributed by atoms with Crippen molar-refractivity contribution in [2.75, 3.05) is 40.4 Å². The molecule has 0 saturated carbocycles. The number of nitrogens with zero attached hydrogens (tertiary/aromatic N) is 3. The van der Waals surface area contributed by atoms with E-state index in [4.69, 9.17) is 15.9 Å². The zero-order chi connectivity index (χ0) is 18.5. The van der Waals surface area contributed by atoms with Crippen LogP contribution in [-0.4, -0.2) is 106 Å². The van der Waals surface area contributed by atoms with Gasteiger partial charge in [0.1, 0.15) is 18.8 Å². The number of aliphatic hydroxyl groups is 4. The molecule has 0 bridgehead atoms. The lowest BCUT2D eigenvalue weighted by atomic mass is 10.1. The van der Waals surface area contributed by atoms with E-state index >= 15 is 0 Å². The van der Waals surface area contributed by atoms with Gasteiger partial charge in [-0.25, -0.2) is 4.99 Å². The van der Waals surface area contributed by atoms with Gasteiger partial charge in [-0.05, 0) is 0 Å². The van der Waals surface area contributed by atoms with E-state index in [0.717, 1.165) is 0 Å². The maximum atomic E-state index is 12.4. The van der Waals surface area contributed by atoms with Crippen molar-refractivity contribution >= 4 is 18.0 Å². The molecular weight excluding hydrogens is 320 g/mol. The number of rotatable bonds is 8. The quantitative estimate of drug-likeness (QED) is 0.286. The van der Waals surface area contributed by atoms with E-state index in [-0.39, 0.29) is 23.3 Å². The molecule has 6 N–H and O–H groups in total. The fourth-order valence-corrected chi connectivity index (χ4v) is 2.50. The molecule has 1 rings (SSSR count). The third-order valence-corrected chi connectivity index (χ3v) is 3.78. The first-order chi connectivity index (χ1) is 11.1. The molecule has 2 amide bonds. The van der Waals surface area contributed by atoms with Gasteiger partial charge in [-0.1, -0.05) is 0 Å². The second-order valence-corrected chi connectivity index (χ2v) is 6.03. The minimum absolute atomic E-state index is 0.00720. The Morgan fingerprint density at radius 3 is 2.42 bits per heavy atom. The highest BCUT2D eigenvalue weighted by molar-refractivity contribution is 6.00. The van der Waals surface area contributed by atoms with Gasteiger partial charge >= 0.3 is 0 Å². The van der Waals surface area contributed by atoms with Gasteiger partial charge in [0.25, 0.3) is 11.8 Å². The topological polar surface area (TPSA) is 157 Å². The summed E-state index contributed by atoms with van der Waals surface area (Å²) in [6.45, 7) is -1.13.